The van der Waals surface area contributed by atoms with Gasteiger partial charge in [0, 0.05) is 5.69 Å². The Labute approximate surface area is 159 Å². The van der Waals surface area contributed by atoms with E-state index < -0.39 is 5.54 Å². The van der Waals surface area contributed by atoms with Crippen LogP contribution in [0.2, 0.25) is 0 Å². The maximum absolute atomic E-state index is 12.9. The third-order valence-corrected chi connectivity index (χ3v) is 5.06. The molecule has 0 aromatic heterocycles. The molecule has 0 aliphatic heterocycles. The fourth-order valence-electron chi connectivity index (χ4n) is 3.69. The van der Waals surface area contributed by atoms with E-state index in [-0.39, 0.29) is 30.7 Å². The number of nitrogens with one attached hydrogen (secondary N) is 1. The van der Waals surface area contributed by atoms with Gasteiger partial charge in [-0.25, -0.2) is 0 Å². The molecule has 0 unspecified atom stereocenters. The van der Waals surface area contributed by atoms with Crippen molar-refractivity contribution in [1.29, 1.82) is 0 Å². The number of carbonyl (C=O) groups is 2. The number of esters is 1. The van der Waals surface area contributed by atoms with E-state index in [9.17, 15) is 9.59 Å². The zero-order valence-corrected chi connectivity index (χ0v) is 15.7. The van der Waals surface area contributed by atoms with Crippen molar-refractivity contribution in [2.45, 2.75) is 44.1 Å². The normalized spacial score (nSPS) is 15.7. The molecular weight excluding hydrogens is 352 g/mol. The minimum Gasteiger partial charge on any atom is -0.469 e. The zero-order chi connectivity index (χ0) is 17.9. The third-order valence-electron chi connectivity index (χ3n) is 5.06. The van der Waals surface area contributed by atoms with E-state index in [0.29, 0.717) is 11.3 Å². The van der Waals surface area contributed by atoms with Crippen LogP contribution in [0.1, 0.15) is 48.9 Å². The highest BCUT2D eigenvalue weighted by Gasteiger charge is 2.36. The van der Waals surface area contributed by atoms with Crippen LogP contribution < -0.4 is 11.1 Å². The SMILES string of the molecule is COC(=O)CC1(NC(=O)c2cc3ccccc3cc2N)CCCCC1.Cl. The molecule has 3 N–H and O–H groups in total. The van der Waals surface area contributed by atoms with Gasteiger partial charge in [0.05, 0.1) is 24.6 Å². The topological polar surface area (TPSA) is 81.4 Å². The van der Waals surface area contributed by atoms with Crippen LogP contribution in [-0.2, 0) is 9.53 Å². The summed E-state index contributed by atoms with van der Waals surface area (Å²) >= 11 is 0. The highest BCUT2D eigenvalue weighted by Crippen LogP contribution is 2.32. The lowest BCUT2D eigenvalue weighted by Gasteiger charge is -2.37. The molecule has 1 aliphatic rings. The van der Waals surface area contributed by atoms with E-state index in [4.69, 9.17) is 10.5 Å². The number of hydrogen-bond donors (Lipinski definition) is 2. The molecule has 3 rings (SSSR count). The molecular formula is C20H25ClN2O3. The van der Waals surface area contributed by atoms with Crippen molar-refractivity contribution in [3.63, 3.8) is 0 Å². The molecule has 0 radical (unpaired) electrons. The Kier molecular flexibility index (Phi) is 6.48. The first-order valence-corrected chi connectivity index (χ1v) is 8.71. The standard InChI is InChI=1S/C20H24N2O3.ClH/c1-25-18(23)13-20(9-5-2-6-10-20)22-19(24)16-11-14-7-3-4-8-15(14)12-17(16)21;/h3-4,7-8,11-12H,2,5-6,9-10,13,21H2,1H3,(H,22,24);1H. The molecule has 2 aromatic carbocycles. The number of hydrogen-bond acceptors (Lipinski definition) is 4. The fourth-order valence-corrected chi connectivity index (χ4v) is 3.69. The summed E-state index contributed by atoms with van der Waals surface area (Å²) in [5, 5.41) is 5.06. The average Bonchev–Trinajstić information content (AvgIpc) is 2.61. The zero-order valence-electron chi connectivity index (χ0n) is 14.9. The summed E-state index contributed by atoms with van der Waals surface area (Å²) in [5.41, 5.74) is 6.47. The number of anilines is 1. The van der Waals surface area contributed by atoms with Gasteiger partial charge in [0.15, 0.2) is 0 Å². The molecule has 0 heterocycles. The quantitative estimate of drug-likeness (QED) is 0.627. The van der Waals surface area contributed by atoms with Gasteiger partial charge in [-0.05, 0) is 35.7 Å². The van der Waals surface area contributed by atoms with Crippen LogP contribution in [-0.4, -0.2) is 24.5 Å². The molecule has 1 fully saturated rings. The van der Waals surface area contributed by atoms with Gasteiger partial charge in [-0.1, -0.05) is 43.5 Å². The number of halogens is 1. The summed E-state index contributed by atoms with van der Waals surface area (Å²) < 4.78 is 4.83. The number of fused-ring (bicyclic) bond motifs is 1. The summed E-state index contributed by atoms with van der Waals surface area (Å²) in [6.45, 7) is 0. The number of rotatable bonds is 4. The second-order valence-corrected chi connectivity index (χ2v) is 6.83. The molecule has 2 aromatic rings. The van der Waals surface area contributed by atoms with Crippen molar-refractivity contribution in [1.82, 2.24) is 5.32 Å². The smallest absolute Gasteiger partial charge is 0.307 e. The molecule has 1 aliphatic carbocycles. The van der Waals surface area contributed by atoms with Gasteiger partial charge in [-0.3, -0.25) is 9.59 Å². The molecule has 0 bridgehead atoms. The van der Waals surface area contributed by atoms with E-state index in [2.05, 4.69) is 5.32 Å². The molecule has 1 saturated carbocycles. The summed E-state index contributed by atoms with van der Waals surface area (Å²) in [7, 11) is 1.38. The Morgan fingerprint density at radius 2 is 1.73 bits per heavy atom. The van der Waals surface area contributed by atoms with E-state index in [1.165, 1.54) is 7.11 Å². The first-order chi connectivity index (χ1) is 12.0. The summed E-state index contributed by atoms with van der Waals surface area (Å²) in [6.07, 6.45) is 4.86. The second kappa shape index (κ2) is 8.41. The Morgan fingerprint density at radius 3 is 2.35 bits per heavy atom. The molecule has 0 saturated heterocycles. The van der Waals surface area contributed by atoms with Crippen LogP contribution in [0.4, 0.5) is 5.69 Å². The van der Waals surface area contributed by atoms with Crippen LogP contribution in [0.3, 0.4) is 0 Å². The predicted molar refractivity (Wildman–Crippen MR) is 106 cm³/mol. The summed E-state index contributed by atoms with van der Waals surface area (Å²) in [4.78, 5) is 24.8. The summed E-state index contributed by atoms with van der Waals surface area (Å²) in [5.74, 6) is -0.525. The third kappa shape index (κ3) is 4.28. The van der Waals surface area contributed by atoms with Crippen LogP contribution in [0.5, 0.6) is 0 Å². The lowest BCUT2D eigenvalue weighted by molar-refractivity contribution is -0.142. The van der Waals surface area contributed by atoms with Crippen LogP contribution in [0.25, 0.3) is 10.8 Å². The Bertz CT molecular complexity index is 801. The number of benzene rings is 2. The largest absolute Gasteiger partial charge is 0.469 e. The van der Waals surface area contributed by atoms with Crippen molar-refractivity contribution in [2.75, 3.05) is 12.8 Å². The maximum Gasteiger partial charge on any atom is 0.307 e. The van der Waals surface area contributed by atoms with E-state index >= 15 is 0 Å². The second-order valence-electron chi connectivity index (χ2n) is 6.83. The minimum absolute atomic E-state index is 0. The van der Waals surface area contributed by atoms with Gasteiger partial charge in [-0.2, -0.15) is 0 Å². The van der Waals surface area contributed by atoms with E-state index in [1.54, 1.807) is 0 Å². The summed E-state index contributed by atoms with van der Waals surface area (Å²) in [6, 6.07) is 11.4. The van der Waals surface area contributed by atoms with Gasteiger partial charge < -0.3 is 15.8 Å². The molecule has 5 nitrogen and oxygen atoms in total. The van der Waals surface area contributed by atoms with Gasteiger partial charge in [0.25, 0.3) is 5.91 Å². The fraction of sp³-hybridized carbons (Fsp3) is 0.400. The lowest BCUT2D eigenvalue weighted by atomic mass is 9.79. The van der Waals surface area contributed by atoms with Crippen LogP contribution in [0.15, 0.2) is 36.4 Å². The van der Waals surface area contributed by atoms with E-state index in [1.807, 2.05) is 36.4 Å². The first kappa shape index (κ1) is 20.0. The molecule has 0 spiro atoms. The molecule has 6 heteroatoms. The van der Waals surface area contributed by atoms with Crippen molar-refractivity contribution >= 4 is 40.7 Å². The van der Waals surface area contributed by atoms with E-state index in [0.717, 1.165) is 42.9 Å². The van der Waals surface area contributed by atoms with Gasteiger partial charge in [0.2, 0.25) is 0 Å². The highest BCUT2D eigenvalue weighted by molar-refractivity contribution is 6.04. The predicted octanol–water partition coefficient (Wildman–Crippen LogP) is 3.84. The Morgan fingerprint density at radius 1 is 1.12 bits per heavy atom. The van der Waals surface area contributed by atoms with Gasteiger partial charge in [-0.15, -0.1) is 12.4 Å². The molecule has 140 valence electrons. The van der Waals surface area contributed by atoms with Crippen molar-refractivity contribution in [3.8, 4) is 0 Å². The number of amides is 1. The van der Waals surface area contributed by atoms with Gasteiger partial charge in [0.1, 0.15) is 0 Å². The average molecular weight is 377 g/mol. The van der Waals surface area contributed by atoms with Crippen LogP contribution >= 0.6 is 12.4 Å². The molecule has 26 heavy (non-hydrogen) atoms. The van der Waals surface area contributed by atoms with Crippen LogP contribution in [0, 0.1) is 0 Å². The minimum atomic E-state index is -0.541. The molecule has 0 atom stereocenters. The van der Waals surface area contributed by atoms with Crippen molar-refractivity contribution in [2.24, 2.45) is 0 Å². The van der Waals surface area contributed by atoms with Crippen molar-refractivity contribution in [3.05, 3.63) is 42.0 Å². The number of methoxy groups -OCH3 is 1. The molecule has 1 amide bonds. The number of ether oxygens (including phenoxy) is 1. The number of nitrogens with two attached hydrogens (primary N) is 1. The van der Waals surface area contributed by atoms with Gasteiger partial charge >= 0.3 is 5.97 Å². The van der Waals surface area contributed by atoms with Crippen molar-refractivity contribution < 1.29 is 14.3 Å². The maximum atomic E-state index is 12.9. The monoisotopic (exact) mass is 376 g/mol. The number of nitrogen functional groups attached to an aromatic ring is 1. The Balaban J connectivity index is 0.00000243. The number of carbonyl (C=O) groups excluding carboxylic acids is 2. The lowest BCUT2D eigenvalue weighted by Crippen LogP contribution is -2.51. The first-order valence-electron chi connectivity index (χ1n) is 8.71. The Hall–Kier alpha value is -2.27. The highest BCUT2D eigenvalue weighted by atomic mass is 35.5.